The summed E-state index contributed by atoms with van der Waals surface area (Å²) in [4.78, 5) is 16.7. The molecule has 0 bridgehead atoms. The van der Waals surface area contributed by atoms with Crippen LogP contribution in [0.5, 0.6) is 0 Å². The Bertz CT molecular complexity index is 650. The molecule has 4 rings (SSSR count). The van der Waals surface area contributed by atoms with E-state index in [9.17, 15) is 4.79 Å². The van der Waals surface area contributed by atoms with Gasteiger partial charge in [-0.05, 0) is 38.6 Å². The number of rotatable bonds is 3. The van der Waals surface area contributed by atoms with E-state index in [1.54, 1.807) is 6.08 Å². The molecule has 2 fully saturated rings. The van der Waals surface area contributed by atoms with Crippen LogP contribution >= 0.6 is 0 Å². The number of hydrogen-bond donors (Lipinski definition) is 0. The lowest BCUT2D eigenvalue weighted by molar-refractivity contribution is -0.194. The van der Waals surface area contributed by atoms with Crippen LogP contribution in [0, 0.1) is 11.8 Å². The Balaban J connectivity index is 1.60. The molecule has 1 aliphatic carbocycles. The maximum atomic E-state index is 11.9. The van der Waals surface area contributed by atoms with Crippen molar-refractivity contribution in [3.05, 3.63) is 23.3 Å². The van der Waals surface area contributed by atoms with Crippen molar-refractivity contribution in [3.63, 3.8) is 0 Å². The number of piperidine rings is 1. The first kappa shape index (κ1) is 15.0. The summed E-state index contributed by atoms with van der Waals surface area (Å²) in [5.41, 5.74) is 1.65. The minimum absolute atomic E-state index is 0.189. The molecule has 0 amide bonds. The van der Waals surface area contributed by atoms with E-state index in [2.05, 4.69) is 41.6 Å². The largest absolute Gasteiger partial charge is 0.447 e. The van der Waals surface area contributed by atoms with Crippen LogP contribution in [-0.2, 0) is 9.53 Å². The molecule has 3 heterocycles. The molecule has 4 heteroatoms. The Labute approximate surface area is 138 Å². The molecule has 0 aromatic rings. The summed E-state index contributed by atoms with van der Waals surface area (Å²) < 4.78 is 5.84. The molecule has 3 aliphatic heterocycles. The Morgan fingerprint density at radius 3 is 3.00 bits per heavy atom. The van der Waals surface area contributed by atoms with Crippen LogP contribution < -0.4 is 0 Å². The van der Waals surface area contributed by atoms with Crippen molar-refractivity contribution in [2.45, 2.75) is 50.8 Å². The summed E-state index contributed by atoms with van der Waals surface area (Å²) in [6, 6.07) is 0.570. The monoisotopic (exact) mass is 312 g/mol. The normalized spacial score (nSPS) is 34.5. The number of nitrogens with zero attached hydrogens (tertiary/aromatic N) is 2. The highest BCUT2D eigenvalue weighted by atomic mass is 16.6. The second kappa shape index (κ2) is 5.51. The molecule has 23 heavy (non-hydrogen) atoms. The van der Waals surface area contributed by atoms with E-state index in [0.717, 1.165) is 43.7 Å². The molecule has 122 valence electrons. The first-order chi connectivity index (χ1) is 11.2. The second-order valence-corrected chi connectivity index (χ2v) is 6.81. The average Bonchev–Trinajstić information content (AvgIpc) is 3.04. The molecule has 1 unspecified atom stereocenters. The van der Waals surface area contributed by atoms with E-state index in [-0.39, 0.29) is 12.0 Å². The first-order valence-corrected chi connectivity index (χ1v) is 8.85. The zero-order valence-corrected chi connectivity index (χ0v) is 14.0. The first-order valence-electron chi connectivity index (χ1n) is 8.85. The molecule has 0 N–H and O–H groups in total. The number of esters is 1. The maximum absolute atomic E-state index is 11.9. The van der Waals surface area contributed by atoms with Crippen molar-refractivity contribution in [1.82, 2.24) is 9.80 Å². The second-order valence-electron chi connectivity index (χ2n) is 6.81. The fourth-order valence-electron chi connectivity index (χ4n) is 4.62. The number of hydrogen-bond acceptors (Lipinski definition) is 4. The van der Waals surface area contributed by atoms with Crippen LogP contribution in [0.15, 0.2) is 23.3 Å². The smallest absolute Gasteiger partial charge is 0.332 e. The van der Waals surface area contributed by atoms with Gasteiger partial charge in [0.05, 0.1) is 18.6 Å². The van der Waals surface area contributed by atoms with E-state index < -0.39 is 5.60 Å². The highest BCUT2D eigenvalue weighted by molar-refractivity contribution is 5.91. The van der Waals surface area contributed by atoms with Crippen molar-refractivity contribution < 1.29 is 9.53 Å². The van der Waals surface area contributed by atoms with E-state index in [1.165, 1.54) is 12.8 Å². The molecule has 0 aromatic carbocycles. The van der Waals surface area contributed by atoms with Crippen LogP contribution in [0.1, 0.15) is 33.1 Å². The molecule has 3 atom stereocenters. The number of carbonyl (C=O) groups is 1. The number of fused-ring (bicyclic) bond motifs is 2. The summed E-state index contributed by atoms with van der Waals surface area (Å²) in [5.74, 6) is 6.42. The minimum Gasteiger partial charge on any atom is -0.447 e. The van der Waals surface area contributed by atoms with Gasteiger partial charge in [-0.15, -0.1) is 0 Å². The molecular weight excluding hydrogens is 288 g/mol. The average molecular weight is 312 g/mol. The van der Waals surface area contributed by atoms with Gasteiger partial charge < -0.3 is 4.74 Å². The number of carbonyl (C=O) groups excluding carboxylic acids is 1. The highest BCUT2D eigenvalue weighted by Gasteiger charge is 2.69. The van der Waals surface area contributed by atoms with Gasteiger partial charge in [-0.1, -0.05) is 32.1 Å². The summed E-state index contributed by atoms with van der Waals surface area (Å²) in [7, 11) is 0. The Morgan fingerprint density at radius 2 is 2.22 bits per heavy atom. The van der Waals surface area contributed by atoms with Crippen molar-refractivity contribution >= 4 is 5.97 Å². The fourth-order valence-corrected chi connectivity index (χ4v) is 4.62. The SMILES string of the molecule is CCN(CC)CC#CC1=C[C@H]2N3CCCC[C@@H]3C23OC(=O)C=C13. The van der Waals surface area contributed by atoms with E-state index in [4.69, 9.17) is 4.74 Å². The lowest BCUT2D eigenvalue weighted by Gasteiger charge is -2.60. The highest BCUT2D eigenvalue weighted by Crippen LogP contribution is 2.57. The zero-order valence-electron chi connectivity index (χ0n) is 14.0. The molecule has 0 saturated carbocycles. The van der Waals surface area contributed by atoms with Gasteiger partial charge in [-0.2, -0.15) is 0 Å². The fraction of sp³-hybridized carbons (Fsp3) is 0.632. The van der Waals surface area contributed by atoms with Crippen LogP contribution in [-0.4, -0.2) is 59.6 Å². The quantitative estimate of drug-likeness (QED) is 0.587. The Hall–Kier alpha value is -1.57. The van der Waals surface area contributed by atoms with Gasteiger partial charge >= 0.3 is 5.97 Å². The summed E-state index contributed by atoms with van der Waals surface area (Å²) in [6.45, 7) is 8.21. The lowest BCUT2D eigenvalue weighted by Crippen LogP contribution is -2.76. The van der Waals surface area contributed by atoms with Crippen LogP contribution in [0.25, 0.3) is 0 Å². The van der Waals surface area contributed by atoms with Gasteiger partial charge in [0.15, 0.2) is 5.60 Å². The van der Waals surface area contributed by atoms with Crippen LogP contribution in [0.4, 0.5) is 0 Å². The van der Waals surface area contributed by atoms with Gasteiger partial charge in [0, 0.05) is 17.2 Å². The van der Waals surface area contributed by atoms with E-state index in [0.29, 0.717) is 6.04 Å². The summed E-state index contributed by atoms with van der Waals surface area (Å²) >= 11 is 0. The minimum atomic E-state index is -0.406. The van der Waals surface area contributed by atoms with Gasteiger partial charge in [0.1, 0.15) is 0 Å². The lowest BCUT2D eigenvalue weighted by atomic mass is 9.70. The molecule has 0 radical (unpaired) electrons. The molecule has 4 nitrogen and oxygen atoms in total. The molecular formula is C19H24N2O2. The Kier molecular flexibility index (Phi) is 3.59. The zero-order chi connectivity index (χ0) is 16.0. The third-order valence-corrected chi connectivity index (χ3v) is 5.82. The van der Waals surface area contributed by atoms with Crippen molar-refractivity contribution in [3.8, 4) is 11.8 Å². The van der Waals surface area contributed by atoms with Gasteiger partial charge in [-0.25, -0.2) is 4.79 Å². The van der Waals surface area contributed by atoms with E-state index in [1.807, 2.05) is 0 Å². The molecule has 2 saturated heterocycles. The summed E-state index contributed by atoms with van der Waals surface area (Å²) in [5, 5.41) is 0. The van der Waals surface area contributed by atoms with Crippen molar-refractivity contribution in [2.24, 2.45) is 0 Å². The van der Waals surface area contributed by atoms with Gasteiger partial charge in [0.2, 0.25) is 0 Å². The van der Waals surface area contributed by atoms with Gasteiger partial charge in [-0.3, -0.25) is 9.80 Å². The topological polar surface area (TPSA) is 32.8 Å². The van der Waals surface area contributed by atoms with Crippen molar-refractivity contribution in [2.75, 3.05) is 26.2 Å². The molecule has 0 aromatic heterocycles. The van der Waals surface area contributed by atoms with Crippen LogP contribution in [0.3, 0.4) is 0 Å². The van der Waals surface area contributed by atoms with Crippen molar-refractivity contribution in [1.29, 1.82) is 0 Å². The molecule has 1 spiro atoms. The molecule has 4 aliphatic rings. The third-order valence-electron chi connectivity index (χ3n) is 5.82. The predicted octanol–water partition coefficient (Wildman–Crippen LogP) is 1.73. The van der Waals surface area contributed by atoms with Crippen LogP contribution in [0.2, 0.25) is 0 Å². The summed E-state index contributed by atoms with van der Waals surface area (Å²) in [6.07, 6.45) is 7.50. The van der Waals surface area contributed by atoms with Gasteiger partial charge in [0.25, 0.3) is 0 Å². The third kappa shape index (κ3) is 2.03. The predicted molar refractivity (Wildman–Crippen MR) is 88.7 cm³/mol. The number of ether oxygens (including phenoxy) is 1. The Morgan fingerprint density at radius 1 is 1.39 bits per heavy atom. The standard InChI is InChI=1S/C19H24N2O2/c1-3-20(4-2)10-7-8-14-12-17-19(15(14)13-18(22)23-19)16-9-5-6-11-21(16)17/h12-13,16-17H,3-6,9-11H2,1-2H3/t16-,17-,19?/m1/s1. The maximum Gasteiger partial charge on any atom is 0.332 e. The van der Waals surface area contributed by atoms with E-state index >= 15 is 0 Å².